The Kier molecular flexibility index (Phi) is 2.47. The summed E-state index contributed by atoms with van der Waals surface area (Å²) >= 11 is 11.7. The number of methoxy groups -OCH3 is 1. The van der Waals surface area contributed by atoms with Crippen LogP contribution in [0.4, 0.5) is 0 Å². The summed E-state index contributed by atoms with van der Waals surface area (Å²) in [5.41, 5.74) is 6.18. The molecule has 0 saturated carbocycles. The van der Waals surface area contributed by atoms with Gasteiger partial charge in [-0.05, 0) is 12.2 Å². The van der Waals surface area contributed by atoms with Crippen LogP contribution < -0.4 is 5.73 Å². The van der Waals surface area contributed by atoms with Gasteiger partial charge in [-0.3, -0.25) is 0 Å². The minimum absolute atomic E-state index is 0.555. The first kappa shape index (κ1) is 8.91. The Morgan fingerprint density at radius 1 is 1.64 bits per heavy atom. The van der Waals surface area contributed by atoms with E-state index in [-0.39, 0.29) is 0 Å². The number of nitrogens with two attached hydrogens (primary N) is 1. The maximum atomic E-state index is 5.91. The maximum Gasteiger partial charge on any atom is 0.182 e. The van der Waals surface area contributed by atoms with Crippen molar-refractivity contribution in [3.8, 4) is 0 Å². The number of hydrogen-bond acceptors (Lipinski definition) is 2. The smallest absolute Gasteiger partial charge is 0.182 e. The van der Waals surface area contributed by atoms with Gasteiger partial charge < -0.3 is 10.5 Å². The molecule has 1 rings (SSSR count). The van der Waals surface area contributed by atoms with E-state index in [1.165, 1.54) is 7.11 Å². The Hall–Kier alpha value is -0.180. The molecule has 11 heavy (non-hydrogen) atoms. The van der Waals surface area contributed by atoms with Gasteiger partial charge in [-0.2, -0.15) is 0 Å². The zero-order valence-corrected chi connectivity index (χ0v) is 7.62. The Balaban J connectivity index is 2.89. The second-order valence-corrected chi connectivity index (χ2v) is 3.47. The Bertz CT molecular complexity index is 204. The van der Waals surface area contributed by atoms with Crippen LogP contribution in [0.15, 0.2) is 22.9 Å². The van der Waals surface area contributed by atoms with Gasteiger partial charge in [0.25, 0.3) is 0 Å². The lowest BCUT2D eigenvalue weighted by atomic mass is 10.1. The fourth-order valence-electron chi connectivity index (χ4n) is 0.923. The molecule has 0 aliphatic heterocycles. The van der Waals surface area contributed by atoms with Crippen molar-refractivity contribution in [1.82, 2.24) is 0 Å². The topological polar surface area (TPSA) is 35.2 Å². The molecule has 0 amide bonds. The van der Waals surface area contributed by atoms with Gasteiger partial charge in [0.1, 0.15) is 0 Å². The lowest BCUT2D eigenvalue weighted by Gasteiger charge is -2.22. The first-order valence-corrected chi connectivity index (χ1v) is 3.90. The van der Waals surface area contributed by atoms with E-state index in [2.05, 4.69) is 0 Å². The molecule has 0 aromatic heterocycles. The number of hydrogen-bond donors (Lipinski definition) is 1. The van der Waals surface area contributed by atoms with Gasteiger partial charge in [-0.1, -0.05) is 23.2 Å². The van der Waals surface area contributed by atoms with Crippen molar-refractivity contribution in [2.75, 3.05) is 7.11 Å². The number of rotatable bonds is 1. The lowest BCUT2D eigenvalue weighted by molar-refractivity contribution is 0.141. The quantitative estimate of drug-likeness (QED) is 0.647. The molecule has 0 aromatic carbocycles. The van der Waals surface area contributed by atoms with E-state index in [1.807, 2.05) is 0 Å². The molecular weight excluding hydrogens is 185 g/mol. The van der Waals surface area contributed by atoms with E-state index in [0.29, 0.717) is 17.2 Å². The Labute approximate surface area is 75.6 Å². The van der Waals surface area contributed by atoms with Crippen molar-refractivity contribution >= 4 is 23.2 Å². The minimum Gasteiger partial charge on any atom is -0.402 e. The standard InChI is InChI=1S/C7H9Cl2NO/c1-11-7(9)3-5(8)2-6(10)4-7/h3-4H,2,10H2,1H3. The SMILES string of the molecule is COC1(Cl)C=C(N)CC(Cl)=C1. The molecule has 0 saturated heterocycles. The zero-order valence-electron chi connectivity index (χ0n) is 6.10. The molecule has 0 radical (unpaired) electrons. The number of halogens is 2. The molecule has 1 aliphatic rings. The minimum atomic E-state index is -0.945. The first-order chi connectivity index (χ1) is 5.06. The normalized spacial score (nSPS) is 31.2. The highest BCUT2D eigenvalue weighted by Gasteiger charge is 2.25. The molecule has 2 nitrogen and oxygen atoms in total. The van der Waals surface area contributed by atoms with Crippen LogP contribution in [0.2, 0.25) is 0 Å². The molecule has 1 atom stereocenters. The monoisotopic (exact) mass is 193 g/mol. The van der Waals surface area contributed by atoms with Crippen molar-refractivity contribution in [2.24, 2.45) is 5.73 Å². The van der Waals surface area contributed by atoms with Crippen molar-refractivity contribution in [3.05, 3.63) is 22.9 Å². The highest BCUT2D eigenvalue weighted by atomic mass is 35.5. The van der Waals surface area contributed by atoms with E-state index in [0.717, 1.165) is 0 Å². The van der Waals surface area contributed by atoms with E-state index in [1.54, 1.807) is 12.2 Å². The van der Waals surface area contributed by atoms with Gasteiger partial charge in [0.2, 0.25) is 0 Å². The van der Waals surface area contributed by atoms with E-state index in [9.17, 15) is 0 Å². The summed E-state index contributed by atoms with van der Waals surface area (Å²) in [7, 11) is 1.50. The zero-order chi connectivity index (χ0) is 8.48. The van der Waals surface area contributed by atoms with E-state index < -0.39 is 5.06 Å². The van der Waals surface area contributed by atoms with Gasteiger partial charge in [-0.25, -0.2) is 0 Å². The van der Waals surface area contributed by atoms with Crippen LogP contribution in [-0.2, 0) is 4.74 Å². The molecular formula is C7H9Cl2NO. The summed E-state index contributed by atoms with van der Waals surface area (Å²) in [6, 6.07) is 0. The summed E-state index contributed by atoms with van der Waals surface area (Å²) in [6.07, 6.45) is 3.83. The van der Waals surface area contributed by atoms with Crippen LogP contribution >= 0.6 is 23.2 Å². The molecule has 1 aliphatic carbocycles. The van der Waals surface area contributed by atoms with Crippen LogP contribution in [-0.4, -0.2) is 12.2 Å². The number of alkyl halides is 1. The molecule has 0 aromatic rings. The number of ether oxygens (including phenoxy) is 1. The van der Waals surface area contributed by atoms with Crippen LogP contribution in [0, 0.1) is 0 Å². The average molecular weight is 194 g/mol. The molecule has 0 spiro atoms. The molecule has 0 heterocycles. The Morgan fingerprint density at radius 2 is 2.27 bits per heavy atom. The van der Waals surface area contributed by atoms with E-state index >= 15 is 0 Å². The van der Waals surface area contributed by atoms with Gasteiger partial charge in [0.15, 0.2) is 5.06 Å². The summed E-state index contributed by atoms with van der Waals surface area (Å²) in [5, 5.41) is -0.332. The van der Waals surface area contributed by atoms with Crippen LogP contribution in [0.5, 0.6) is 0 Å². The largest absolute Gasteiger partial charge is 0.402 e. The van der Waals surface area contributed by atoms with Gasteiger partial charge in [-0.15, -0.1) is 0 Å². The molecule has 0 fully saturated rings. The molecule has 1 unspecified atom stereocenters. The summed E-state index contributed by atoms with van der Waals surface area (Å²) in [6.45, 7) is 0. The highest BCUT2D eigenvalue weighted by molar-refractivity contribution is 6.32. The molecule has 2 N–H and O–H groups in total. The highest BCUT2D eigenvalue weighted by Crippen LogP contribution is 2.30. The molecule has 4 heteroatoms. The molecule has 0 bridgehead atoms. The van der Waals surface area contributed by atoms with Crippen LogP contribution in [0.3, 0.4) is 0 Å². The summed E-state index contributed by atoms with van der Waals surface area (Å²) in [4.78, 5) is 0. The summed E-state index contributed by atoms with van der Waals surface area (Å²) in [5.74, 6) is 0. The van der Waals surface area contributed by atoms with Crippen molar-refractivity contribution < 1.29 is 4.74 Å². The third kappa shape index (κ3) is 2.12. The predicted octanol–water partition coefficient (Wildman–Crippen LogP) is 1.94. The van der Waals surface area contributed by atoms with Crippen molar-refractivity contribution in [1.29, 1.82) is 0 Å². The fourth-order valence-corrected chi connectivity index (χ4v) is 1.57. The Morgan fingerprint density at radius 3 is 2.73 bits per heavy atom. The average Bonchev–Trinajstić information content (AvgIpc) is 1.84. The summed E-state index contributed by atoms with van der Waals surface area (Å²) < 4.78 is 4.97. The van der Waals surface area contributed by atoms with Crippen molar-refractivity contribution in [3.63, 3.8) is 0 Å². The third-order valence-corrected chi connectivity index (χ3v) is 2.04. The second kappa shape index (κ2) is 3.05. The maximum absolute atomic E-state index is 5.91. The van der Waals surface area contributed by atoms with Crippen LogP contribution in [0.1, 0.15) is 6.42 Å². The number of allylic oxidation sites excluding steroid dienone is 1. The van der Waals surface area contributed by atoms with Crippen LogP contribution in [0.25, 0.3) is 0 Å². The van der Waals surface area contributed by atoms with Gasteiger partial charge in [0.05, 0.1) is 0 Å². The second-order valence-electron chi connectivity index (χ2n) is 2.39. The van der Waals surface area contributed by atoms with Gasteiger partial charge >= 0.3 is 0 Å². The van der Waals surface area contributed by atoms with E-state index in [4.69, 9.17) is 33.7 Å². The molecule has 62 valence electrons. The third-order valence-electron chi connectivity index (χ3n) is 1.42. The van der Waals surface area contributed by atoms with Crippen molar-refractivity contribution in [2.45, 2.75) is 11.5 Å². The predicted molar refractivity (Wildman–Crippen MR) is 46.4 cm³/mol. The lowest BCUT2D eigenvalue weighted by Crippen LogP contribution is -2.23. The first-order valence-electron chi connectivity index (χ1n) is 3.14. The fraction of sp³-hybridized carbons (Fsp3) is 0.429. The van der Waals surface area contributed by atoms with Gasteiger partial charge in [0, 0.05) is 24.3 Å².